The maximum absolute atomic E-state index is 5.46. The topological polar surface area (TPSA) is 27.7 Å². The third kappa shape index (κ3) is 16.6. The molecule has 0 spiro atoms. The Morgan fingerprint density at radius 3 is 1.28 bits per heavy atom. The van der Waals surface area contributed by atoms with Crippen LogP contribution in [0, 0.1) is 0 Å². The molecule has 0 saturated carbocycles. The molecule has 0 radical (unpaired) electrons. The Labute approximate surface area is 183 Å². The van der Waals surface area contributed by atoms with E-state index in [4.69, 9.17) is 14.2 Å². The predicted molar refractivity (Wildman–Crippen MR) is 134 cm³/mol. The largest absolute Gasteiger partial charge is 0.494 e. The Morgan fingerprint density at radius 1 is 0.552 bits per heavy atom. The second kappa shape index (κ2) is 26.0. The van der Waals surface area contributed by atoms with Crippen molar-refractivity contribution in [3.8, 4) is 11.5 Å². The van der Waals surface area contributed by atoms with Gasteiger partial charge in [0.25, 0.3) is 0 Å². The van der Waals surface area contributed by atoms with Gasteiger partial charge in [0.2, 0.25) is 0 Å². The number of hydrogen-bond acceptors (Lipinski definition) is 3. The van der Waals surface area contributed by atoms with Gasteiger partial charge in [-0.2, -0.15) is 0 Å². The molecule has 0 aliphatic rings. The molecule has 0 N–H and O–H groups in total. The minimum Gasteiger partial charge on any atom is -0.494 e. The molecular weight excluding hydrogens is 360 g/mol. The van der Waals surface area contributed by atoms with Crippen LogP contribution in [0.2, 0.25) is 0 Å². The highest BCUT2D eigenvalue weighted by atomic mass is 16.7. The zero-order valence-corrected chi connectivity index (χ0v) is 16.7. The van der Waals surface area contributed by atoms with Crippen LogP contribution < -0.4 is 9.47 Å². The summed E-state index contributed by atoms with van der Waals surface area (Å²) >= 11 is 0. The third-order valence-corrected chi connectivity index (χ3v) is 3.08. The van der Waals surface area contributed by atoms with Crippen molar-refractivity contribution in [1.29, 1.82) is 0 Å². The zero-order valence-electron chi connectivity index (χ0n) is 16.7. The maximum atomic E-state index is 5.46. The molecule has 0 amide bonds. The SMILES string of the molecule is C.C.C.C.CC.CC.CCOCOc1ccc(Cc2ccc(OCC)cc2)cc1. The van der Waals surface area contributed by atoms with Crippen LogP contribution >= 0.6 is 0 Å². The molecule has 0 aliphatic heterocycles. The van der Waals surface area contributed by atoms with Crippen LogP contribution in [0.3, 0.4) is 0 Å². The molecule has 0 heterocycles. The summed E-state index contributed by atoms with van der Waals surface area (Å²) in [7, 11) is 0. The lowest BCUT2D eigenvalue weighted by Crippen LogP contribution is -2.01. The van der Waals surface area contributed by atoms with E-state index >= 15 is 0 Å². The summed E-state index contributed by atoms with van der Waals surface area (Å²) in [4.78, 5) is 0. The smallest absolute Gasteiger partial charge is 0.189 e. The number of hydrogen-bond donors (Lipinski definition) is 0. The van der Waals surface area contributed by atoms with E-state index in [9.17, 15) is 0 Å². The molecule has 0 saturated heterocycles. The minimum atomic E-state index is 0. The molecule has 0 aromatic heterocycles. The normalized spacial score (nSPS) is 7.93. The first kappa shape index (κ1) is 37.7. The van der Waals surface area contributed by atoms with Crippen LogP contribution in [0.25, 0.3) is 0 Å². The van der Waals surface area contributed by atoms with Gasteiger partial charge in [-0.1, -0.05) is 81.7 Å². The molecular formula is C26H50O3. The van der Waals surface area contributed by atoms with Crippen LogP contribution in [0.15, 0.2) is 48.5 Å². The van der Waals surface area contributed by atoms with Gasteiger partial charge in [0.05, 0.1) is 6.61 Å². The highest BCUT2D eigenvalue weighted by Gasteiger charge is 1.99. The Kier molecular flexibility index (Phi) is 33.8. The summed E-state index contributed by atoms with van der Waals surface area (Å²) in [5.74, 6) is 1.75. The van der Waals surface area contributed by atoms with Gasteiger partial charge >= 0.3 is 0 Å². The van der Waals surface area contributed by atoms with E-state index in [0.717, 1.165) is 17.9 Å². The standard InChI is InChI=1S/C18H22O3.2C2H6.4CH4/c1-3-19-14-21-18-11-7-16(8-12-18)13-15-5-9-17(10-6-15)20-4-2;2*1-2;;;;/h5-12H,3-4,13-14H2,1-2H3;2*1-2H3;4*1H4. The first-order chi connectivity index (χ1) is 12.3. The summed E-state index contributed by atoms with van der Waals surface area (Å²) in [5, 5.41) is 0. The molecule has 0 bridgehead atoms. The molecule has 0 aliphatic carbocycles. The second-order valence-corrected chi connectivity index (χ2v) is 4.65. The van der Waals surface area contributed by atoms with Gasteiger partial charge in [0.15, 0.2) is 6.79 Å². The molecule has 0 atom stereocenters. The first-order valence-electron chi connectivity index (χ1n) is 9.33. The first-order valence-corrected chi connectivity index (χ1v) is 9.33. The highest BCUT2D eigenvalue weighted by Crippen LogP contribution is 2.17. The van der Waals surface area contributed by atoms with Crippen LogP contribution in [0.4, 0.5) is 0 Å². The summed E-state index contributed by atoms with van der Waals surface area (Å²) in [6, 6.07) is 16.3. The molecule has 2 rings (SSSR count). The molecule has 172 valence electrons. The fourth-order valence-corrected chi connectivity index (χ4v) is 2.00. The Balaban J connectivity index is -0.000000226. The van der Waals surface area contributed by atoms with Crippen molar-refractivity contribution in [2.75, 3.05) is 20.0 Å². The van der Waals surface area contributed by atoms with Crippen molar-refractivity contribution in [1.82, 2.24) is 0 Å². The van der Waals surface area contributed by atoms with E-state index in [0.29, 0.717) is 20.0 Å². The lowest BCUT2D eigenvalue weighted by atomic mass is 10.0. The lowest BCUT2D eigenvalue weighted by Gasteiger charge is -2.08. The quantitative estimate of drug-likeness (QED) is 0.322. The molecule has 3 heteroatoms. The summed E-state index contributed by atoms with van der Waals surface area (Å²) in [6.45, 7) is 13.6. The fraction of sp³-hybridized carbons (Fsp3) is 0.538. The van der Waals surface area contributed by atoms with E-state index < -0.39 is 0 Å². The summed E-state index contributed by atoms with van der Waals surface area (Å²) in [6.07, 6.45) is 0.901. The number of rotatable bonds is 8. The average molecular weight is 411 g/mol. The Hall–Kier alpha value is -2.00. The molecule has 2 aromatic rings. The van der Waals surface area contributed by atoms with Crippen molar-refractivity contribution >= 4 is 0 Å². The van der Waals surface area contributed by atoms with E-state index in [1.165, 1.54) is 11.1 Å². The van der Waals surface area contributed by atoms with Crippen molar-refractivity contribution in [3.63, 3.8) is 0 Å². The summed E-state index contributed by atoms with van der Waals surface area (Å²) < 4.78 is 16.1. The van der Waals surface area contributed by atoms with Crippen molar-refractivity contribution in [2.24, 2.45) is 0 Å². The number of benzene rings is 2. The van der Waals surface area contributed by atoms with Crippen molar-refractivity contribution < 1.29 is 14.2 Å². The van der Waals surface area contributed by atoms with Gasteiger partial charge in [0.1, 0.15) is 11.5 Å². The van der Waals surface area contributed by atoms with E-state index in [2.05, 4.69) is 24.3 Å². The van der Waals surface area contributed by atoms with Gasteiger partial charge in [-0.25, -0.2) is 0 Å². The highest BCUT2D eigenvalue weighted by molar-refractivity contribution is 5.34. The van der Waals surface area contributed by atoms with Crippen molar-refractivity contribution in [3.05, 3.63) is 59.7 Å². The maximum Gasteiger partial charge on any atom is 0.189 e. The molecule has 0 unspecified atom stereocenters. The lowest BCUT2D eigenvalue weighted by molar-refractivity contribution is 0.0224. The van der Waals surface area contributed by atoms with E-state index in [1.807, 2.05) is 65.8 Å². The molecule has 2 aromatic carbocycles. The van der Waals surface area contributed by atoms with E-state index in [1.54, 1.807) is 0 Å². The second-order valence-electron chi connectivity index (χ2n) is 4.65. The summed E-state index contributed by atoms with van der Waals surface area (Å²) in [5.41, 5.74) is 2.52. The zero-order chi connectivity index (χ0) is 18.9. The van der Waals surface area contributed by atoms with Crippen LogP contribution in [0.1, 0.15) is 82.4 Å². The predicted octanol–water partition coefficient (Wildman–Crippen LogP) is 8.65. The number of ether oxygens (including phenoxy) is 3. The Morgan fingerprint density at radius 2 is 0.931 bits per heavy atom. The minimum absolute atomic E-state index is 0. The van der Waals surface area contributed by atoms with E-state index in [-0.39, 0.29) is 29.7 Å². The Bertz CT molecular complexity index is 519. The van der Waals surface area contributed by atoms with Gasteiger partial charge in [-0.15, -0.1) is 0 Å². The van der Waals surface area contributed by atoms with Crippen LogP contribution in [-0.4, -0.2) is 20.0 Å². The fourth-order valence-electron chi connectivity index (χ4n) is 2.00. The third-order valence-electron chi connectivity index (χ3n) is 3.08. The van der Waals surface area contributed by atoms with Crippen LogP contribution in [-0.2, 0) is 11.2 Å². The van der Waals surface area contributed by atoms with Gasteiger partial charge in [-0.3, -0.25) is 0 Å². The average Bonchev–Trinajstić information content (AvgIpc) is 2.68. The monoisotopic (exact) mass is 410 g/mol. The van der Waals surface area contributed by atoms with Crippen LogP contribution in [0.5, 0.6) is 11.5 Å². The van der Waals surface area contributed by atoms with Gasteiger partial charge in [-0.05, 0) is 55.7 Å². The van der Waals surface area contributed by atoms with Gasteiger partial charge in [0, 0.05) is 6.61 Å². The molecule has 0 fully saturated rings. The van der Waals surface area contributed by atoms with Crippen molar-refractivity contribution in [2.45, 2.75) is 77.7 Å². The molecule has 3 nitrogen and oxygen atoms in total. The molecule has 29 heavy (non-hydrogen) atoms. The van der Waals surface area contributed by atoms with Gasteiger partial charge < -0.3 is 14.2 Å².